The van der Waals surface area contributed by atoms with Gasteiger partial charge >= 0.3 is 0 Å². The number of benzene rings is 1. The minimum Gasteiger partial charge on any atom is -0.379 e. The largest absolute Gasteiger partial charge is 0.379 e. The Balaban J connectivity index is 2.32. The van der Waals surface area contributed by atoms with Crippen molar-refractivity contribution in [3.8, 4) is 11.8 Å². The minimum atomic E-state index is -3.58. The van der Waals surface area contributed by atoms with E-state index in [4.69, 9.17) is 22.1 Å². The highest BCUT2D eigenvalue weighted by molar-refractivity contribution is 7.89. The van der Waals surface area contributed by atoms with Gasteiger partial charge in [0, 0.05) is 18.7 Å². The summed E-state index contributed by atoms with van der Waals surface area (Å²) in [5, 5.41) is 0.167. The molecule has 20 heavy (non-hydrogen) atoms. The summed E-state index contributed by atoms with van der Waals surface area (Å²) >= 11 is 6.08. The van der Waals surface area contributed by atoms with Crippen LogP contribution in [0, 0.1) is 11.8 Å². The Bertz CT molecular complexity index is 643. The molecule has 0 unspecified atom stereocenters. The van der Waals surface area contributed by atoms with Crippen LogP contribution in [0.2, 0.25) is 5.02 Å². The molecule has 1 heterocycles. The lowest BCUT2D eigenvalue weighted by Gasteiger charge is -2.26. The highest BCUT2D eigenvalue weighted by Crippen LogP contribution is 2.26. The van der Waals surface area contributed by atoms with Crippen molar-refractivity contribution in [3.63, 3.8) is 0 Å². The molecular weight excluding hydrogens is 300 g/mol. The van der Waals surface area contributed by atoms with Gasteiger partial charge in [-0.15, -0.1) is 0 Å². The molecule has 0 saturated carbocycles. The Morgan fingerprint density at radius 2 is 2.05 bits per heavy atom. The van der Waals surface area contributed by atoms with E-state index in [1.54, 1.807) is 6.07 Å². The van der Waals surface area contributed by atoms with E-state index >= 15 is 0 Å². The van der Waals surface area contributed by atoms with Crippen LogP contribution in [0.1, 0.15) is 5.56 Å². The number of hydrogen-bond donors (Lipinski definition) is 1. The third-order valence-electron chi connectivity index (χ3n) is 2.85. The number of nitrogens with two attached hydrogens (primary N) is 1. The van der Waals surface area contributed by atoms with Crippen LogP contribution in [0.3, 0.4) is 0 Å². The van der Waals surface area contributed by atoms with Crippen molar-refractivity contribution >= 4 is 21.6 Å². The maximum atomic E-state index is 12.5. The van der Waals surface area contributed by atoms with E-state index in [0.29, 0.717) is 31.9 Å². The van der Waals surface area contributed by atoms with Crippen LogP contribution in [0.25, 0.3) is 0 Å². The highest BCUT2D eigenvalue weighted by atomic mass is 35.5. The first-order valence-corrected chi connectivity index (χ1v) is 7.94. The first kappa shape index (κ1) is 15.3. The molecule has 0 aromatic heterocycles. The number of halogens is 1. The standard InChI is InChI=1S/C13H15ClN2O3S/c14-12-10-11(2-1-5-15)3-4-13(12)20(17,18)16-6-8-19-9-7-16/h3-4,10H,5-9,15H2. The molecule has 0 spiro atoms. The molecule has 1 aromatic carbocycles. The van der Waals surface area contributed by atoms with E-state index in [1.807, 2.05) is 0 Å². The Labute approximate surface area is 123 Å². The van der Waals surface area contributed by atoms with Crippen LogP contribution in [0.4, 0.5) is 0 Å². The first-order chi connectivity index (χ1) is 9.55. The van der Waals surface area contributed by atoms with Gasteiger partial charge in [-0.25, -0.2) is 8.42 Å². The van der Waals surface area contributed by atoms with Crippen molar-refractivity contribution in [1.82, 2.24) is 4.31 Å². The number of nitrogens with zero attached hydrogens (tertiary/aromatic N) is 1. The predicted molar refractivity (Wildman–Crippen MR) is 77.0 cm³/mol. The van der Waals surface area contributed by atoms with Gasteiger partial charge in [0.1, 0.15) is 4.90 Å². The van der Waals surface area contributed by atoms with Crippen molar-refractivity contribution in [2.24, 2.45) is 5.73 Å². The lowest BCUT2D eigenvalue weighted by Crippen LogP contribution is -2.40. The average molecular weight is 315 g/mol. The van der Waals surface area contributed by atoms with Gasteiger partial charge < -0.3 is 10.5 Å². The summed E-state index contributed by atoms with van der Waals surface area (Å²) in [6.07, 6.45) is 0. The number of rotatable bonds is 2. The maximum absolute atomic E-state index is 12.5. The van der Waals surface area contributed by atoms with Crippen molar-refractivity contribution < 1.29 is 13.2 Å². The monoisotopic (exact) mass is 314 g/mol. The number of sulfonamides is 1. The van der Waals surface area contributed by atoms with E-state index < -0.39 is 10.0 Å². The zero-order valence-electron chi connectivity index (χ0n) is 10.8. The molecule has 0 atom stereocenters. The Morgan fingerprint density at radius 1 is 1.35 bits per heavy atom. The summed E-state index contributed by atoms with van der Waals surface area (Å²) in [5.74, 6) is 5.51. The van der Waals surface area contributed by atoms with Crippen LogP contribution >= 0.6 is 11.6 Å². The fourth-order valence-corrected chi connectivity index (χ4v) is 3.79. The smallest absolute Gasteiger partial charge is 0.244 e. The van der Waals surface area contributed by atoms with E-state index in [0.717, 1.165) is 0 Å². The quantitative estimate of drug-likeness (QED) is 0.814. The van der Waals surface area contributed by atoms with E-state index in [9.17, 15) is 8.42 Å². The van der Waals surface area contributed by atoms with Crippen molar-refractivity contribution in [2.45, 2.75) is 4.90 Å². The van der Waals surface area contributed by atoms with Gasteiger partial charge in [0.25, 0.3) is 0 Å². The summed E-state index contributed by atoms with van der Waals surface area (Å²) in [6.45, 7) is 1.72. The second-order valence-corrected chi connectivity index (χ2v) is 6.48. The van der Waals surface area contributed by atoms with Crippen LogP contribution in [-0.4, -0.2) is 45.6 Å². The topological polar surface area (TPSA) is 72.6 Å². The van der Waals surface area contributed by atoms with Gasteiger partial charge in [-0.2, -0.15) is 4.31 Å². The third-order valence-corrected chi connectivity index (χ3v) is 5.24. The predicted octanol–water partition coefficient (Wildman–Crippen LogP) is 0.671. The summed E-state index contributed by atoms with van der Waals surface area (Å²) in [4.78, 5) is 0.0966. The summed E-state index contributed by atoms with van der Waals surface area (Å²) in [5.41, 5.74) is 5.93. The van der Waals surface area contributed by atoms with Gasteiger partial charge in [0.05, 0.1) is 24.8 Å². The SMILES string of the molecule is NCC#Cc1ccc(S(=O)(=O)N2CCOCC2)c(Cl)c1. The normalized spacial score (nSPS) is 16.5. The Kier molecular flexibility index (Phi) is 5.02. The third kappa shape index (κ3) is 3.32. The zero-order valence-corrected chi connectivity index (χ0v) is 12.4. The van der Waals surface area contributed by atoms with Gasteiger partial charge in [-0.1, -0.05) is 23.4 Å². The van der Waals surface area contributed by atoms with Crippen LogP contribution in [0.15, 0.2) is 23.1 Å². The minimum absolute atomic E-state index is 0.0966. The second kappa shape index (κ2) is 6.57. The first-order valence-electron chi connectivity index (χ1n) is 6.12. The number of hydrogen-bond acceptors (Lipinski definition) is 4. The van der Waals surface area contributed by atoms with E-state index in [2.05, 4.69) is 11.8 Å². The average Bonchev–Trinajstić information content (AvgIpc) is 2.46. The lowest BCUT2D eigenvalue weighted by atomic mass is 10.2. The fourth-order valence-electron chi connectivity index (χ4n) is 1.87. The van der Waals surface area contributed by atoms with Crippen molar-refractivity contribution in [3.05, 3.63) is 28.8 Å². The molecule has 1 fully saturated rings. The van der Waals surface area contributed by atoms with Gasteiger partial charge in [-0.05, 0) is 18.2 Å². The number of ether oxygens (including phenoxy) is 1. The summed E-state index contributed by atoms with van der Waals surface area (Å²) < 4.78 is 31.5. The molecule has 1 aromatic rings. The Hall–Kier alpha value is -1.10. The summed E-state index contributed by atoms with van der Waals surface area (Å²) in [7, 11) is -3.58. The number of morpholine rings is 1. The molecule has 1 aliphatic rings. The second-order valence-electron chi connectivity index (χ2n) is 4.17. The van der Waals surface area contributed by atoms with Gasteiger partial charge in [0.2, 0.25) is 10.0 Å². The molecule has 2 rings (SSSR count). The fraction of sp³-hybridized carbons (Fsp3) is 0.385. The molecule has 1 saturated heterocycles. The molecule has 2 N–H and O–H groups in total. The molecular formula is C13H15ClN2O3S. The molecule has 0 amide bonds. The van der Waals surface area contributed by atoms with Gasteiger partial charge in [0.15, 0.2) is 0 Å². The van der Waals surface area contributed by atoms with Crippen LogP contribution < -0.4 is 5.73 Å². The van der Waals surface area contributed by atoms with Crippen molar-refractivity contribution in [1.29, 1.82) is 0 Å². The molecule has 1 aliphatic heterocycles. The van der Waals surface area contributed by atoms with Crippen LogP contribution in [0.5, 0.6) is 0 Å². The molecule has 7 heteroatoms. The van der Waals surface area contributed by atoms with E-state index in [-0.39, 0.29) is 16.5 Å². The molecule has 0 aliphatic carbocycles. The highest BCUT2D eigenvalue weighted by Gasteiger charge is 2.28. The van der Waals surface area contributed by atoms with Crippen molar-refractivity contribution in [2.75, 3.05) is 32.8 Å². The Morgan fingerprint density at radius 3 is 2.65 bits per heavy atom. The zero-order chi connectivity index (χ0) is 14.6. The maximum Gasteiger partial charge on any atom is 0.244 e. The molecule has 5 nitrogen and oxygen atoms in total. The van der Waals surface area contributed by atoms with E-state index in [1.165, 1.54) is 16.4 Å². The van der Waals surface area contributed by atoms with Crippen LogP contribution in [-0.2, 0) is 14.8 Å². The lowest BCUT2D eigenvalue weighted by molar-refractivity contribution is 0.0730. The molecule has 108 valence electrons. The molecule has 0 bridgehead atoms. The molecule has 0 radical (unpaired) electrons. The summed E-state index contributed by atoms with van der Waals surface area (Å²) in [6, 6.07) is 4.65. The van der Waals surface area contributed by atoms with Gasteiger partial charge in [-0.3, -0.25) is 0 Å².